The number of rotatable bonds is 16. The van der Waals surface area contributed by atoms with Gasteiger partial charge in [-0.1, -0.05) is 145 Å². The standard InChI is InChI=1S/C41H40N4O6/c1-6-16-31(17-7-1)26-46-30-36-37(47-27-32-18-8-2-9-19-32)38(48-28-33-20-10-3-11-21-33)39(49-29-34-22-12-4-13-23-34)40(50-36)51-41-42-43-44-45(41)35-24-14-5-15-25-35/h1-25,36-40H,26-30H2/t36-,37-,38+,39-,40-/m1/s1. The lowest BCUT2D eigenvalue weighted by Crippen LogP contribution is -2.62. The summed E-state index contributed by atoms with van der Waals surface area (Å²) in [5, 5.41) is 12.3. The Balaban J connectivity index is 1.23. The zero-order chi connectivity index (χ0) is 34.5. The van der Waals surface area contributed by atoms with E-state index < -0.39 is 30.7 Å². The molecule has 260 valence electrons. The molecule has 0 unspecified atom stereocenters. The number of hydrogen-bond donors (Lipinski definition) is 0. The fraction of sp³-hybridized carbons (Fsp3) is 0.244. The number of para-hydroxylation sites is 1. The van der Waals surface area contributed by atoms with E-state index in [1.165, 1.54) is 4.68 Å². The first-order valence-corrected chi connectivity index (χ1v) is 17.0. The van der Waals surface area contributed by atoms with E-state index in [4.69, 9.17) is 28.4 Å². The van der Waals surface area contributed by atoms with E-state index in [-0.39, 0.29) is 19.2 Å². The van der Waals surface area contributed by atoms with E-state index in [2.05, 4.69) is 15.5 Å². The number of ether oxygens (including phenoxy) is 6. The molecule has 10 heteroatoms. The molecular weight excluding hydrogens is 644 g/mol. The number of hydrogen-bond acceptors (Lipinski definition) is 9. The van der Waals surface area contributed by atoms with Crippen LogP contribution in [0.15, 0.2) is 152 Å². The summed E-state index contributed by atoms with van der Waals surface area (Å²) in [7, 11) is 0. The van der Waals surface area contributed by atoms with E-state index in [0.29, 0.717) is 19.8 Å². The molecule has 0 radical (unpaired) electrons. The summed E-state index contributed by atoms with van der Waals surface area (Å²) < 4.78 is 41.4. The van der Waals surface area contributed by atoms with Crippen molar-refractivity contribution < 1.29 is 28.4 Å². The van der Waals surface area contributed by atoms with Gasteiger partial charge in [-0.2, -0.15) is 4.68 Å². The molecule has 0 spiro atoms. The van der Waals surface area contributed by atoms with Gasteiger partial charge in [0.05, 0.1) is 38.7 Å². The third-order valence-corrected chi connectivity index (χ3v) is 8.50. The van der Waals surface area contributed by atoms with Crippen LogP contribution in [0.1, 0.15) is 22.3 Å². The Bertz CT molecular complexity index is 1870. The molecule has 10 nitrogen and oxygen atoms in total. The van der Waals surface area contributed by atoms with Gasteiger partial charge >= 0.3 is 6.01 Å². The van der Waals surface area contributed by atoms with Crippen LogP contribution in [0.5, 0.6) is 6.01 Å². The second-order valence-electron chi connectivity index (χ2n) is 12.2. The number of benzene rings is 5. The molecule has 51 heavy (non-hydrogen) atoms. The summed E-state index contributed by atoms with van der Waals surface area (Å²) >= 11 is 0. The van der Waals surface area contributed by atoms with E-state index in [1.54, 1.807) is 0 Å². The van der Waals surface area contributed by atoms with Crippen LogP contribution in [0.25, 0.3) is 5.69 Å². The SMILES string of the molecule is c1ccc(COC[C@H]2O[C@H](Oc3nnnn3-c3ccccc3)[C@H](OCc3ccccc3)[C@@H](OCc3ccccc3)[C@@H]2OCc2ccccc2)cc1. The van der Waals surface area contributed by atoms with E-state index in [0.717, 1.165) is 27.9 Å². The third-order valence-electron chi connectivity index (χ3n) is 8.50. The van der Waals surface area contributed by atoms with Gasteiger partial charge in [0.25, 0.3) is 0 Å². The molecule has 0 saturated carbocycles. The van der Waals surface area contributed by atoms with Gasteiger partial charge in [0, 0.05) is 0 Å². The van der Waals surface area contributed by atoms with E-state index >= 15 is 0 Å². The van der Waals surface area contributed by atoms with Gasteiger partial charge in [0.2, 0.25) is 6.29 Å². The maximum Gasteiger partial charge on any atom is 0.342 e. The average Bonchev–Trinajstić information content (AvgIpc) is 3.66. The molecule has 6 aromatic rings. The van der Waals surface area contributed by atoms with Crippen LogP contribution in [0, 0.1) is 0 Å². The molecule has 1 aliphatic heterocycles. The first-order chi connectivity index (χ1) is 25.3. The zero-order valence-electron chi connectivity index (χ0n) is 28.1. The highest BCUT2D eigenvalue weighted by Gasteiger charge is 2.50. The second kappa shape index (κ2) is 17.6. The fourth-order valence-corrected chi connectivity index (χ4v) is 5.93. The lowest BCUT2D eigenvalue weighted by molar-refractivity contribution is -0.311. The summed E-state index contributed by atoms with van der Waals surface area (Å²) in [6.45, 7) is 1.53. The quantitative estimate of drug-likeness (QED) is 0.110. The normalized spacial score (nSPS) is 20.2. The molecule has 2 heterocycles. The van der Waals surface area contributed by atoms with Gasteiger partial charge in [-0.25, -0.2) is 0 Å². The zero-order valence-corrected chi connectivity index (χ0v) is 28.1. The van der Waals surface area contributed by atoms with Crippen LogP contribution >= 0.6 is 0 Å². The Hall–Kier alpha value is -5.23. The minimum absolute atomic E-state index is 0.147. The smallest absolute Gasteiger partial charge is 0.342 e. The largest absolute Gasteiger partial charge is 0.429 e. The first kappa shape index (κ1) is 34.2. The van der Waals surface area contributed by atoms with Crippen molar-refractivity contribution in [3.63, 3.8) is 0 Å². The van der Waals surface area contributed by atoms with Crippen molar-refractivity contribution in [3.05, 3.63) is 174 Å². The monoisotopic (exact) mass is 684 g/mol. The van der Waals surface area contributed by atoms with Crippen LogP contribution in [0.2, 0.25) is 0 Å². The molecule has 1 fully saturated rings. The van der Waals surface area contributed by atoms with E-state index in [9.17, 15) is 0 Å². The van der Waals surface area contributed by atoms with Gasteiger partial charge in [-0.05, 0) is 44.8 Å². The Morgan fingerprint density at radius 3 is 1.49 bits per heavy atom. The van der Waals surface area contributed by atoms with Crippen LogP contribution in [-0.2, 0) is 50.1 Å². The van der Waals surface area contributed by atoms with Crippen molar-refractivity contribution in [2.75, 3.05) is 6.61 Å². The number of aromatic nitrogens is 4. The van der Waals surface area contributed by atoms with Gasteiger partial charge < -0.3 is 28.4 Å². The maximum absolute atomic E-state index is 6.81. The van der Waals surface area contributed by atoms with Gasteiger partial charge in [-0.15, -0.1) is 0 Å². The van der Waals surface area contributed by atoms with Crippen molar-refractivity contribution in [1.82, 2.24) is 20.2 Å². The summed E-state index contributed by atoms with van der Waals surface area (Å²) in [5.41, 5.74) is 4.80. The van der Waals surface area contributed by atoms with Crippen molar-refractivity contribution in [2.45, 2.75) is 57.1 Å². The van der Waals surface area contributed by atoms with Gasteiger partial charge in [0.1, 0.15) is 24.4 Å². The van der Waals surface area contributed by atoms with E-state index in [1.807, 2.05) is 152 Å². The molecule has 1 saturated heterocycles. The van der Waals surface area contributed by atoms with Crippen molar-refractivity contribution in [1.29, 1.82) is 0 Å². The first-order valence-electron chi connectivity index (χ1n) is 17.0. The topological polar surface area (TPSA) is 99.0 Å². The fourth-order valence-electron chi connectivity index (χ4n) is 5.93. The Morgan fingerprint density at radius 1 is 0.510 bits per heavy atom. The molecular formula is C41H40N4O6. The molecule has 5 aromatic carbocycles. The molecule has 0 bridgehead atoms. The predicted molar refractivity (Wildman–Crippen MR) is 190 cm³/mol. The number of tetrazole rings is 1. The Kier molecular flexibility index (Phi) is 11.8. The van der Waals surface area contributed by atoms with Crippen molar-refractivity contribution in [2.24, 2.45) is 0 Å². The van der Waals surface area contributed by atoms with Crippen molar-refractivity contribution in [3.8, 4) is 11.7 Å². The predicted octanol–water partition coefficient (Wildman–Crippen LogP) is 6.74. The van der Waals surface area contributed by atoms with Gasteiger partial charge in [0.15, 0.2) is 0 Å². The van der Waals surface area contributed by atoms with Crippen LogP contribution < -0.4 is 4.74 Å². The summed E-state index contributed by atoms with van der Waals surface area (Å²) in [5.74, 6) is 0. The summed E-state index contributed by atoms with van der Waals surface area (Å²) in [4.78, 5) is 0. The van der Waals surface area contributed by atoms with Gasteiger partial charge in [-0.3, -0.25) is 0 Å². The molecule has 1 aromatic heterocycles. The molecule has 0 amide bonds. The summed E-state index contributed by atoms with van der Waals surface area (Å²) in [6.07, 6.45) is -3.62. The minimum atomic E-state index is -0.996. The molecule has 5 atom stereocenters. The lowest BCUT2D eigenvalue weighted by atomic mass is 9.97. The lowest BCUT2D eigenvalue weighted by Gasteiger charge is -2.45. The summed E-state index contributed by atoms with van der Waals surface area (Å²) in [6, 6.07) is 49.7. The van der Waals surface area contributed by atoms with Crippen LogP contribution in [0.4, 0.5) is 0 Å². The van der Waals surface area contributed by atoms with Crippen LogP contribution in [-0.4, -0.2) is 57.5 Å². The van der Waals surface area contributed by atoms with Crippen molar-refractivity contribution >= 4 is 0 Å². The number of nitrogens with zero attached hydrogens (tertiary/aromatic N) is 4. The highest BCUT2D eigenvalue weighted by molar-refractivity contribution is 5.31. The third kappa shape index (κ3) is 9.31. The highest BCUT2D eigenvalue weighted by Crippen LogP contribution is 2.32. The average molecular weight is 685 g/mol. The maximum atomic E-state index is 6.81. The Labute approximate surface area is 297 Å². The second-order valence-corrected chi connectivity index (χ2v) is 12.2. The highest BCUT2D eigenvalue weighted by atomic mass is 16.7. The van der Waals surface area contributed by atoms with Crippen LogP contribution in [0.3, 0.4) is 0 Å². The molecule has 1 aliphatic rings. The molecule has 0 N–H and O–H groups in total. The molecule has 7 rings (SSSR count). The molecule has 0 aliphatic carbocycles. The minimum Gasteiger partial charge on any atom is -0.429 e. The Morgan fingerprint density at radius 2 is 0.961 bits per heavy atom.